The Bertz CT molecular complexity index is 782. The number of hydrogen-bond donors (Lipinski definition) is 2. The van der Waals surface area contributed by atoms with Crippen molar-refractivity contribution >= 4 is 0 Å². The molecule has 6 heteroatoms. The Hall–Kier alpha value is -1.80. The summed E-state index contributed by atoms with van der Waals surface area (Å²) in [6.07, 6.45) is -2.95. The second kappa shape index (κ2) is 7.55. The van der Waals surface area contributed by atoms with Crippen LogP contribution in [0, 0.1) is 0 Å². The molecule has 6 nitrogen and oxygen atoms in total. The molecule has 0 amide bonds. The standard InChI is InChI=1S/C22H26O6/c1-21(15-9-5-3-6-10-15)25-14-18-20(28-21)19(17(24)13-23)27-22(2,26-18)16-11-7-4-8-12-16/h3-12,17-20,23-24H,13-14H2,1-2H3/t17-,18+,19-,20-,21?,22?/m1/s1. The van der Waals surface area contributed by atoms with Crippen LogP contribution in [0.25, 0.3) is 0 Å². The van der Waals surface area contributed by atoms with Crippen LogP contribution in [-0.2, 0) is 30.5 Å². The van der Waals surface area contributed by atoms with E-state index in [4.69, 9.17) is 18.9 Å². The van der Waals surface area contributed by atoms with E-state index in [-0.39, 0.29) is 6.61 Å². The molecule has 6 atom stereocenters. The molecule has 2 aromatic rings. The van der Waals surface area contributed by atoms with Crippen molar-refractivity contribution in [3.63, 3.8) is 0 Å². The van der Waals surface area contributed by atoms with Crippen molar-refractivity contribution in [2.24, 2.45) is 0 Å². The van der Waals surface area contributed by atoms with E-state index in [2.05, 4.69) is 0 Å². The van der Waals surface area contributed by atoms with Crippen LogP contribution in [0.4, 0.5) is 0 Å². The normalized spacial score (nSPS) is 36.5. The molecule has 0 bridgehead atoms. The van der Waals surface area contributed by atoms with Crippen molar-refractivity contribution in [1.82, 2.24) is 0 Å². The second-order valence-electron chi connectivity index (χ2n) is 7.51. The minimum absolute atomic E-state index is 0.274. The number of aliphatic hydroxyl groups excluding tert-OH is 2. The molecule has 2 fully saturated rings. The van der Waals surface area contributed by atoms with Crippen LogP contribution in [0.2, 0.25) is 0 Å². The van der Waals surface area contributed by atoms with Gasteiger partial charge in [-0.3, -0.25) is 0 Å². The molecule has 2 unspecified atom stereocenters. The summed E-state index contributed by atoms with van der Waals surface area (Å²) in [5.74, 6) is -2.08. The van der Waals surface area contributed by atoms with Gasteiger partial charge in [0.05, 0.1) is 13.2 Å². The summed E-state index contributed by atoms with van der Waals surface area (Å²) in [5.41, 5.74) is 1.68. The topological polar surface area (TPSA) is 77.4 Å². The van der Waals surface area contributed by atoms with Gasteiger partial charge in [0.15, 0.2) is 11.6 Å². The predicted octanol–water partition coefficient (Wildman–Crippen LogP) is 2.28. The quantitative estimate of drug-likeness (QED) is 0.840. The first kappa shape index (κ1) is 19.5. The first-order chi connectivity index (χ1) is 13.5. The van der Waals surface area contributed by atoms with Gasteiger partial charge in [0.2, 0.25) is 0 Å². The van der Waals surface area contributed by atoms with E-state index >= 15 is 0 Å². The Labute approximate surface area is 164 Å². The number of rotatable bonds is 4. The van der Waals surface area contributed by atoms with Gasteiger partial charge >= 0.3 is 0 Å². The van der Waals surface area contributed by atoms with Crippen molar-refractivity contribution in [2.45, 2.75) is 49.8 Å². The SMILES string of the molecule is CC1(c2ccccc2)OC[C@@H]2OC(C)(c3ccccc3)O[C@H]([C@H](O)CO)[C@@H]2O1. The van der Waals surface area contributed by atoms with Gasteiger partial charge in [0, 0.05) is 11.1 Å². The molecular weight excluding hydrogens is 360 g/mol. The van der Waals surface area contributed by atoms with Gasteiger partial charge < -0.3 is 29.2 Å². The third-order valence-electron chi connectivity index (χ3n) is 5.47. The van der Waals surface area contributed by atoms with E-state index in [9.17, 15) is 10.2 Å². The van der Waals surface area contributed by atoms with Gasteiger partial charge in [-0.1, -0.05) is 60.7 Å². The van der Waals surface area contributed by atoms with Crippen molar-refractivity contribution in [2.75, 3.05) is 13.2 Å². The van der Waals surface area contributed by atoms with Crippen LogP contribution in [0.3, 0.4) is 0 Å². The molecule has 2 aromatic carbocycles. The highest BCUT2D eigenvalue weighted by atomic mass is 16.8. The molecule has 0 radical (unpaired) electrons. The van der Waals surface area contributed by atoms with Gasteiger partial charge in [-0.25, -0.2) is 0 Å². The molecule has 2 aliphatic rings. The van der Waals surface area contributed by atoms with Crippen LogP contribution in [0.15, 0.2) is 60.7 Å². The van der Waals surface area contributed by atoms with Gasteiger partial charge in [-0.2, -0.15) is 0 Å². The summed E-state index contributed by atoms with van der Waals surface area (Å²) in [7, 11) is 0. The first-order valence-corrected chi connectivity index (χ1v) is 9.52. The summed E-state index contributed by atoms with van der Waals surface area (Å²) in [5, 5.41) is 20.1. The van der Waals surface area contributed by atoms with Gasteiger partial charge in [-0.05, 0) is 13.8 Å². The lowest BCUT2D eigenvalue weighted by Crippen LogP contribution is -2.64. The number of fused-ring (bicyclic) bond motifs is 1. The van der Waals surface area contributed by atoms with Crippen LogP contribution < -0.4 is 0 Å². The molecule has 2 aliphatic heterocycles. The fourth-order valence-electron chi connectivity index (χ4n) is 3.90. The average molecular weight is 386 g/mol. The summed E-state index contributed by atoms with van der Waals surface area (Å²) in [6, 6.07) is 19.1. The Balaban J connectivity index is 1.65. The van der Waals surface area contributed by atoms with Crippen LogP contribution in [0.5, 0.6) is 0 Å². The van der Waals surface area contributed by atoms with Gasteiger partial charge in [-0.15, -0.1) is 0 Å². The average Bonchev–Trinajstić information content (AvgIpc) is 2.74. The largest absolute Gasteiger partial charge is 0.394 e. The lowest BCUT2D eigenvalue weighted by molar-refractivity contribution is -0.430. The second-order valence-corrected chi connectivity index (χ2v) is 7.51. The van der Waals surface area contributed by atoms with Crippen molar-refractivity contribution in [3.05, 3.63) is 71.8 Å². The number of benzene rings is 2. The molecule has 0 saturated carbocycles. The molecular formula is C22H26O6. The molecule has 150 valence electrons. The Morgan fingerprint density at radius 3 is 2.04 bits per heavy atom. The highest BCUT2D eigenvalue weighted by Gasteiger charge is 2.54. The summed E-state index contributed by atoms with van der Waals surface area (Å²) in [6.45, 7) is 3.48. The fraction of sp³-hybridized carbons (Fsp3) is 0.455. The minimum atomic E-state index is -1.11. The molecule has 0 aromatic heterocycles. The van der Waals surface area contributed by atoms with E-state index in [1.54, 1.807) is 6.92 Å². The zero-order valence-electron chi connectivity index (χ0n) is 16.0. The number of ether oxygens (including phenoxy) is 4. The third-order valence-corrected chi connectivity index (χ3v) is 5.47. The van der Waals surface area contributed by atoms with E-state index in [1.165, 1.54) is 0 Å². The summed E-state index contributed by atoms with van der Waals surface area (Å²) < 4.78 is 24.8. The van der Waals surface area contributed by atoms with Gasteiger partial charge in [0.25, 0.3) is 0 Å². The lowest BCUT2D eigenvalue weighted by atomic mass is 9.95. The maximum absolute atomic E-state index is 10.5. The zero-order valence-corrected chi connectivity index (χ0v) is 16.0. The van der Waals surface area contributed by atoms with E-state index in [0.29, 0.717) is 0 Å². The molecule has 0 aliphatic carbocycles. The molecule has 4 rings (SSSR count). The third kappa shape index (κ3) is 3.48. The smallest absolute Gasteiger partial charge is 0.193 e. The Kier molecular flexibility index (Phi) is 5.26. The van der Waals surface area contributed by atoms with E-state index in [0.717, 1.165) is 11.1 Å². The van der Waals surface area contributed by atoms with Crippen molar-refractivity contribution in [3.8, 4) is 0 Å². The fourth-order valence-corrected chi connectivity index (χ4v) is 3.90. The molecule has 2 saturated heterocycles. The van der Waals surface area contributed by atoms with E-state index in [1.807, 2.05) is 67.6 Å². The van der Waals surface area contributed by atoms with Crippen LogP contribution in [0.1, 0.15) is 25.0 Å². The highest BCUT2D eigenvalue weighted by Crippen LogP contribution is 2.43. The Morgan fingerprint density at radius 2 is 1.46 bits per heavy atom. The minimum Gasteiger partial charge on any atom is -0.394 e. The maximum atomic E-state index is 10.5. The first-order valence-electron chi connectivity index (χ1n) is 9.52. The number of aliphatic hydroxyl groups is 2. The zero-order chi connectivity index (χ0) is 19.8. The molecule has 2 heterocycles. The summed E-state index contributed by atoms with van der Waals surface area (Å²) >= 11 is 0. The molecule has 28 heavy (non-hydrogen) atoms. The maximum Gasteiger partial charge on any atom is 0.193 e. The predicted molar refractivity (Wildman–Crippen MR) is 101 cm³/mol. The molecule has 2 N–H and O–H groups in total. The van der Waals surface area contributed by atoms with Crippen molar-refractivity contribution in [1.29, 1.82) is 0 Å². The van der Waals surface area contributed by atoms with Crippen molar-refractivity contribution < 1.29 is 29.2 Å². The molecule has 0 spiro atoms. The van der Waals surface area contributed by atoms with Crippen LogP contribution in [-0.4, -0.2) is 47.8 Å². The van der Waals surface area contributed by atoms with Crippen LogP contribution >= 0.6 is 0 Å². The summed E-state index contributed by atoms with van der Waals surface area (Å²) in [4.78, 5) is 0. The Morgan fingerprint density at radius 1 is 0.893 bits per heavy atom. The number of hydrogen-bond acceptors (Lipinski definition) is 6. The highest BCUT2D eigenvalue weighted by molar-refractivity contribution is 5.22. The monoisotopic (exact) mass is 386 g/mol. The lowest BCUT2D eigenvalue weighted by Gasteiger charge is -2.53. The van der Waals surface area contributed by atoms with E-state index < -0.39 is 42.6 Å². The van der Waals surface area contributed by atoms with Gasteiger partial charge in [0.1, 0.15) is 24.4 Å².